The number of nitriles is 1. The molecule has 0 aliphatic heterocycles. The summed E-state index contributed by atoms with van der Waals surface area (Å²) < 4.78 is 0. The highest BCUT2D eigenvalue weighted by atomic mass is 16.3. The molecule has 0 heterocycles. The first-order valence-corrected chi connectivity index (χ1v) is 5.94. The van der Waals surface area contributed by atoms with Gasteiger partial charge in [-0.05, 0) is 25.0 Å². The van der Waals surface area contributed by atoms with Crippen LogP contribution in [-0.2, 0) is 0 Å². The number of hydrogen-bond acceptors (Lipinski definition) is 3. The zero-order valence-corrected chi connectivity index (χ0v) is 9.85. The second-order valence-electron chi connectivity index (χ2n) is 4.01. The van der Waals surface area contributed by atoms with Gasteiger partial charge in [-0.3, -0.25) is 4.79 Å². The minimum absolute atomic E-state index is 0.0108. The third kappa shape index (κ3) is 4.69. The summed E-state index contributed by atoms with van der Waals surface area (Å²) in [7, 11) is 0. The van der Waals surface area contributed by atoms with Gasteiger partial charge in [0.25, 0.3) is 0 Å². The Kier molecular flexibility index (Phi) is 5.81. The van der Waals surface area contributed by atoms with Crippen molar-refractivity contribution in [1.82, 2.24) is 0 Å². The van der Waals surface area contributed by atoms with Gasteiger partial charge in [-0.25, -0.2) is 0 Å². The molecule has 1 aromatic carbocycles. The lowest BCUT2D eigenvalue weighted by atomic mass is 10.0. The van der Waals surface area contributed by atoms with Crippen LogP contribution >= 0.6 is 0 Å². The Bertz CT molecular complexity index is 407. The van der Waals surface area contributed by atoms with E-state index in [1.54, 1.807) is 18.2 Å². The van der Waals surface area contributed by atoms with Crippen molar-refractivity contribution in [3.63, 3.8) is 0 Å². The Labute approximate surface area is 102 Å². The molecule has 0 saturated heterocycles. The number of rotatable bonds is 7. The van der Waals surface area contributed by atoms with Crippen molar-refractivity contribution < 1.29 is 9.90 Å². The topological polar surface area (TPSA) is 61.1 Å². The van der Waals surface area contributed by atoms with E-state index in [1.807, 2.05) is 0 Å². The lowest BCUT2D eigenvalue weighted by Gasteiger charge is -2.03. The normalized spacial score (nSPS) is 9.82. The highest BCUT2D eigenvalue weighted by Crippen LogP contribution is 2.18. The second-order valence-corrected chi connectivity index (χ2v) is 4.01. The molecular formula is C14H17NO2. The zero-order valence-electron chi connectivity index (χ0n) is 9.85. The summed E-state index contributed by atoms with van der Waals surface area (Å²) >= 11 is 0. The molecule has 0 aliphatic carbocycles. The maximum Gasteiger partial charge on any atom is 0.166 e. The van der Waals surface area contributed by atoms with E-state index < -0.39 is 0 Å². The molecule has 0 saturated carbocycles. The van der Waals surface area contributed by atoms with Crippen molar-refractivity contribution in [2.45, 2.75) is 38.5 Å². The van der Waals surface area contributed by atoms with Gasteiger partial charge in [0.2, 0.25) is 0 Å². The molecule has 0 amide bonds. The van der Waals surface area contributed by atoms with Crippen LogP contribution in [0.15, 0.2) is 24.3 Å². The van der Waals surface area contributed by atoms with E-state index in [0.717, 1.165) is 25.7 Å². The molecule has 3 heteroatoms. The molecule has 1 aromatic rings. The van der Waals surface area contributed by atoms with Crippen molar-refractivity contribution in [2.24, 2.45) is 0 Å². The van der Waals surface area contributed by atoms with Crippen molar-refractivity contribution >= 4 is 5.78 Å². The van der Waals surface area contributed by atoms with Gasteiger partial charge >= 0.3 is 0 Å². The summed E-state index contributed by atoms with van der Waals surface area (Å²) in [6, 6.07) is 8.73. The molecular weight excluding hydrogens is 214 g/mol. The summed E-state index contributed by atoms with van der Waals surface area (Å²) in [5.74, 6) is 0.0466. The van der Waals surface area contributed by atoms with Gasteiger partial charge in [-0.15, -0.1) is 0 Å². The van der Waals surface area contributed by atoms with Gasteiger partial charge in [-0.1, -0.05) is 25.0 Å². The highest BCUT2D eigenvalue weighted by Gasteiger charge is 2.09. The number of hydrogen-bond donors (Lipinski definition) is 1. The number of para-hydroxylation sites is 1. The third-order valence-corrected chi connectivity index (χ3v) is 2.65. The monoisotopic (exact) mass is 231 g/mol. The predicted octanol–water partition coefficient (Wildman–Crippen LogP) is 3.44. The Hall–Kier alpha value is -1.82. The summed E-state index contributed by atoms with van der Waals surface area (Å²) in [5.41, 5.74) is 0.407. The quantitative estimate of drug-likeness (QED) is 0.577. The van der Waals surface area contributed by atoms with Gasteiger partial charge in [0.15, 0.2) is 5.78 Å². The van der Waals surface area contributed by atoms with Crippen LogP contribution in [0.2, 0.25) is 0 Å². The van der Waals surface area contributed by atoms with Crippen LogP contribution in [-0.4, -0.2) is 10.9 Å². The zero-order chi connectivity index (χ0) is 12.5. The highest BCUT2D eigenvalue weighted by molar-refractivity contribution is 5.98. The van der Waals surface area contributed by atoms with Crippen LogP contribution < -0.4 is 0 Å². The number of ketones is 1. The first-order valence-electron chi connectivity index (χ1n) is 5.94. The molecule has 17 heavy (non-hydrogen) atoms. The number of unbranched alkanes of at least 4 members (excludes halogenated alkanes) is 4. The molecule has 0 bridgehead atoms. The van der Waals surface area contributed by atoms with Crippen LogP contribution in [0.4, 0.5) is 0 Å². The number of phenols is 1. The third-order valence-electron chi connectivity index (χ3n) is 2.65. The van der Waals surface area contributed by atoms with Crippen molar-refractivity contribution in [2.75, 3.05) is 0 Å². The largest absolute Gasteiger partial charge is 0.507 e. The average Bonchev–Trinajstić information content (AvgIpc) is 2.34. The van der Waals surface area contributed by atoms with E-state index in [4.69, 9.17) is 5.26 Å². The van der Waals surface area contributed by atoms with Crippen LogP contribution in [0, 0.1) is 11.3 Å². The van der Waals surface area contributed by atoms with Crippen LogP contribution in [0.25, 0.3) is 0 Å². The van der Waals surface area contributed by atoms with Gasteiger partial charge in [0.05, 0.1) is 11.6 Å². The SMILES string of the molecule is N#CCCCCCCC(=O)c1ccccc1O. The maximum absolute atomic E-state index is 11.7. The van der Waals surface area contributed by atoms with E-state index in [1.165, 1.54) is 6.07 Å². The number of Topliss-reactive ketones (excluding diaryl/α,β-unsaturated/α-hetero) is 1. The van der Waals surface area contributed by atoms with Crippen molar-refractivity contribution in [3.8, 4) is 11.8 Å². The first kappa shape index (κ1) is 13.2. The Morgan fingerprint density at radius 2 is 1.88 bits per heavy atom. The number of phenolic OH excluding ortho intramolecular Hbond substituents is 1. The predicted molar refractivity (Wildman–Crippen MR) is 65.8 cm³/mol. The summed E-state index contributed by atoms with van der Waals surface area (Å²) in [4.78, 5) is 11.7. The van der Waals surface area contributed by atoms with E-state index in [0.29, 0.717) is 18.4 Å². The summed E-state index contributed by atoms with van der Waals surface area (Å²) in [6.45, 7) is 0. The Morgan fingerprint density at radius 3 is 2.59 bits per heavy atom. The van der Waals surface area contributed by atoms with E-state index in [9.17, 15) is 9.90 Å². The summed E-state index contributed by atoms with van der Waals surface area (Å²) in [5, 5.41) is 17.9. The molecule has 1 N–H and O–H groups in total. The number of aromatic hydroxyl groups is 1. The molecule has 0 atom stereocenters. The molecule has 0 unspecified atom stereocenters. The fourth-order valence-electron chi connectivity index (χ4n) is 1.69. The standard InChI is InChI=1S/C14H17NO2/c15-11-7-3-1-2-4-9-13(16)12-8-5-6-10-14(12)17/h5-6,8,10,17H,1-4,7,9H2. The van der Waals surface area contributed by atoms with Gasteiger partial charge in [0.1, 0.15) is 5.75 Å². The van der Waals surface area contributed by atoms with Crippen LogP contribution in [0.3, 0.4) is 0 Å². The molecule has 3 nitrogen and oxygen atoms in total. The fourth-order valence-corrected chi connectivity index (χ4v) is 1.69. The van der Waals surface area contributed by atoms with E-state index >= 15 is 0 Å². The number of carbonyl (C=O) groups is 1. The number of nitrogens with zero attached hydrogens (tertiary/aromatic N) is 1. The van der Waals surface area contributed by atoms with Crippen LogP contribution in [0.5, 0.6) is 5.75 Å². The molecule has 0 spiro atoms. The maximum atomic E-state index is 11.7. The lowest BCUT2D eigenvalue weighted by Crippen LogP contribution is -1.99. The van der Waals surface area contributed by atoms with Crippen LogP contribution in [0.1, 0.15) is 48.9 Å². The smallest absolute Gasteiger partial charge is 0.166 e. The van der Waals surface area contributed by atoms with Gasteiger partial charge in [0, 0.05) is 12.8 Å². The lowest BCUT2D eigenvalue weighted by molar-refractivity contribution is 0.0976. The molecule has 90 valence electrons. The number of benzene rings is 1. The Morgan fingerprint density at radius 1 is 1.18 bits per heavy atom. The molecule has 0 aliphatic rings. The number of carbonyl (C=O) groups excluding carboxylic acids is 1. The van der Waals surface area contributed by atoms with Crippen molar-refractivity contribution in [3.05, 3.63) is 29.8 Å². The van der Waals surface area contributed by atoms with Crippen molar-refractivity contribution in [1.29, 1.82) is 5.26 Å². The van der Waals surface area contributed by atoms with Gasteiger partial charge < -0.3 is 5.11 Å². The van der Waals surface area contributed by atoms with E-state index in [-0.39, 0.29) is 11.5 Å². The van der Waals surface area contributed by atoms with E-state index in [2.05, 4.69) is 6.07 Å². The minimum atomic E-state index is -0.0108. The summed E-state index contributed by atoms with van der Waals surface area (Å²) in [6.07, 6.45) is 4.72. The minimum Gasteiger partial charge on any atom is -0.507 e. The fraction of sp³-hybridized carbons (Fsp3) is 0.429. The average molecular weight is 231 g/mol. The second kappa shape index (κ2) is 7.45. The Balaban J connectivity index is 2.27. The molecule has 0 fully saturated rings. The van der Waals surface area contributed by atoms with Gasteiger partial charge in [-0.2, -0.15) is 5.26 Å². The molecule has 0 aromatic heterocycles. The molecule has 0 radical (unpaired) electrons. The molecule has 1 rings (SSSR count). The first-order chi connectivity index (χ1) is 8.25.